The number of hydrogen-bond donors (Lipinski definition) is 0. The van der Waals surface area contributed by atoms with Crippen LogP contribution in [0.15, 0.2) is 42.5 Å². The molecule has 0 aromatic heterocycles. The van der Waals surface area contributed by atoms with Gasteiger partial charge in [0.05, 0.1) is 7.11 Å². The quantitative estimate of drug-likeness (QED) is 0.686. The van der Waals surface area contributed by atoms with Gasteiger partial charge in [0, 0.05) is 0 Å². The molecule has 2 aliphatic carbocycles. The summed E-state index contributed by atoms with van der Waals surface area (Å²) in [6.45, 7) is 2.08. The molecule has 1 nitrogen and oxygen atoms in total. The van der Waals surface area contributed by atoms with Crippen molar-refractivity contribution >= 4 is 0 Å². The molecule has 0 aliphatic heterocycles. The molecule has 0 heterocycles. The van der Waals surface area contributed by atoms with Crippen LogP contribution in [-0.2, 0) is 6.42 Å². The lowest BCUT2D eigenvalue weighted by Crippen LogP contribution is -2.30. The van der Waals surface area contributed by atoms with Crippen LogP contribution >= 0.6 is 0 Å². The number of allylic oxidation sites excluding steroid dienone is 4. The smallest absolute Gasteiger partial charge is 0.119 e. The molecule has 1 fully saturated rings. The van der Waals surface area contributed by atoms with Gasteiger partial charge in [-0.25, -0.2) is 0 Å². The Hall–Kier alpha value is -1.50. The Kier molecular flexibility index (Phi) is 4.48. The largest absolute Gasteiger partial charge is 0.497 e. The van der Waals surface area contributed by atoms with Gasteiger partial charge in [-0.05, 0) is 73.6 Å². The summed E-state index contributed by atoms with van der Waals surface area (Å²) in [5.41, 5.74) is 3.12. The van der Waals surface area contributed by atoms with Gasteiger partial charge < -0.3 is 4.74 Å². The Balaban J connectivity index is 1.84. The summed E-state index contributed by atoms with van der Waals surface area (Å²) in [7, 11) is 1.76. The fourth-order valence-electron chi connectivity index (χ4n) is 4.27. The molecule has 0 bridgehead atoms. The minimum absolute atomic E-state index is 0.758. The van der Waals surface area contributed by atoms with E-state index >= 15 is 0 Å². The van der Waals surface area contributed by atoms with Crippen LogP contribution in [0.1, 0.15) is 49.7 Å². The Morgan fingerprint density at radius 3 is 2.86 bits per heavy atom. The number of aryl methyl sites for hydroxylation is 1. The van der Waals surface area contributed by atoms with E-state index in [-0.39, 0.29) is 0 Å². The highest BCUT2D eigenvalue weighted by atomic mass is 16.5. The van der Waals surface area contributed by atoms with Crippen molar-refractivity contribution in [2.45, 2.75) is 44.9 Å². The van der Waals surface area contributed by atoms with E-state index in [2.05, 4.69) is 49.4 Å². The van der Waals surface area contributed by atoms with Crippen molar-refractivity contribution in [3.8, 4) is 5.75 Å². The van der Waals surface area contributed by atoms with Gasteiger partial charge in [0.15, 0.2) is 0 Å². The summed E-state index contributed by atoms with van der Waals surface area (Å²) in [5.74, 6) is 3.36. The summed E-state index contributed by atoms with van der Waals surface area (Å²) in [6.07, 6.45) is 15.6. The van der Waals surface area contributed by atoms with Gasteiger partial charge in [0.25, 0.3) is 0 Å². The molecule has 3 atom stereocenters. The van der Waals surface area contributed by atoms with Crippen molar-refractivity contribution in [3.05, 3.63) is 53.6 Å². The fourth-order valence-corrected chi connectivity index (χ4v) is 4.27. The highest BCUT2D eigenvalue weighted by Gasteiger charge is 2.36. The highest BCUT2D eigenvalue weighted by Crippen LogP contribution is 2.48. The molecule has 1 saturated carbocycles. The minimum Gasteiger partial charge on any atom is -0.497 e. The summed E-state index contributed by atoms with van der Waals surface area (Å²) in [5, 5.41) is 0. The molecule has 0 amide bonds. The monoisotopic (exact) mass is 282 g/mol. The van der Waals surface area contributed by atoms with E-state index in [1.54, 1.807) is 12.7 Å². The molecular formula is C20H26O. The second-order valence-corrected chi connectivity index (χ2v) is 6.38. The molecule has 3 rings (SSSR count). The van der Waals surface area contributed by atoms with Crippen LogP contribution in [-0.4, -0.2) is 7.11 Å². The van der Waals surface area contributed by atoms with Crippen LogP contribution in [0, 0.1) is 11.8 Å². The lowest BCUT2D eigenvalue weighted by molar-refractivity contribution is 0.217. The zero-order chi connectivity index (χ0) is 14.7. The van der Waals surface area contributed by atoms with Crippen molar-refractivity contribution < 1.29 is 4.74 Å². The Morgan fingerprint density at radius 2 is 2.05 bits per heavy atom. The van der Waals surface area contributed by atoms with E-state index in [1.165, 1.54) is 37.7 Å². The van der Waals surface area contributed by atoms with Gasteiger partial charge in [0.2, 0.25) is 0 Å². The van der Waals surface area contributed by atoms with Gasteiger partial charge in [-0.3, -0.25) is 0 Å². The Labute approximate surface area is 128 Å². The van der Waals surface area contributed by atoms with Crippen molar-refractivity contribution in [2.75, 3.05) is 7.11 Å². The third kappa shape index (κ3) is 2.92. The van der Waals surface area contributed by atoms with Crippen LogP contribution in [0.2, 0.25) is 0 Å². The second-order valence-electron chi connectivity index (χ2n) is 6.38. The maximum atomic E-state index is 5.38. The number of ether oxygens (including phenoxy) is 1. The summed E-state index contributed by atoms with van der Waals surface area (Å²) in [6, 6.07) is 6.72. The first-order valence-corrected chi connectivity index (χ1v) is 8.29. The standard InChI is InChI=1S/C20H26O/c1-3-4-5-7-15-8-6-9-20-18(15)12-10-16-14-17(21-2)11-13-19(16)20/h3-5,7,11,13-15,18,20H,6,8-10,12H2,1-2H3/b4-3+,7-5+/t15-,18+,20+/m0/s1. The lowest BCUT2D eigenvalue weighted by Gasteiger charge is -2.41. The molecule has 0 unspecified atom stereocenters. The molecular weight excluding hydrogens is 256 g/mol. The first-order chi connectivity index (χ1) is 10.3. The molecule has 21 heavy (non-hydrogen) atoms. The molecule has 112 valence electrons. The van der Waals surface area contributed by atoms with Crippen molar-refractivity contribution in [1.82, 2.24) is 0 Å². The number of rotatable bonds is 3. The molecule has 0 spiro atoms. The fraction of sp³-hybridized carbons (Fsp3) is 0.500. The van der Waals surface area contributed by atoms with Gasteiger partial charge >= 0.3 is 0 Å². The maximum absolute atomic E-state index is 5.38. The van der Waals surface area contributed by atoms with E-state index in [4.69, 9.17) is 4.74 Å². The molecule has 0 saturated heterocycles. The van der Waals surface area contributed by atoms with Crippen LogP contribution in [0.3, 0.4) is 0 Å². The summed E-state index contributed by atoms with van der Waals surface area (Å²) in [4.78, 5) is 0. The maximum Gasteiger partial charge on any atom is 0.119 e. The number of hydrogen-bond acceptors (Lipinski definition) is 1. The highest BCUT2D eigenvalue weighted by molar-refractivity contribution is 5.40. The number of methoxy groups -OCH3 is 1. The zero-order valence-corrected chi connectivity index (χ0v) is 13.2. The molecule has 0 radical (unpaired) electrons. The van der Waals surface area contributed by atoms with E-state index in [9.17, 15) is 0 Å². The van der Waals surface area contributed by atoms with E-state index in [0.29, 0.717) is 0 Å². The normalized spacial score (nSPS) is 28.6. The molecule has 2 aliphatic rings. The van der Waals surface area contributed by atoms with Crippen molar-refractivity contribution in [3.63, 3.8) is 0 Å². The Bertz CT molecular complexity index is 541. The van der Waals surface area contributed by atoms with Crippen molar-refractivity contribution in [2.24, 2.45) is 11.8 Å². The van der Waals surface area contributed by atoms with E-state index < -0.39 is 0 Å². The van der Waals surface area contributed by atoms with E-state index in [0.717, 1.165) is 23.5 Å². The molecule has 1 heteroatoms. The van der Waals surface area contributed by atoms with Crippen molar-refractivity contribution in [1.29, 1.82) is 0 Å². The third-order valence-corrected chi connectivity index (χ3v) is 5.28. The predicted octanol–water partition coefficient (Wildman–Crippen LogP) is 5.27. The zero-order valence-electron chi connectivity index (χ0n) is 13.2. The number of benzene rings is 1. The van der Waals surface area contributed by atoms with Crippen LogP contribution < -0.4 is 4.74 Å². The minimum atomic E-state index is 0.758. The van der Waals surface area contributed by atoms with Gasteiger partial charge in [-0.15, -0.1) is 0 Å². The lowest BCUT2D eigenvalue weighted by atomic mass is 9.63. The summed E-state index contributed by atoms with van der Waals surface area (Å²) < 4.78 is 5.38. The van der Waals surface area contributed by atoms with E-state index in [1.807, 2.05) is 0 Å². The van der Waals surface area contributed by atoms with Crippen LogP contribution in [0.5, 0.6) is 5.75 Å². The molecule has 1 aromatic carbocycles. The number of fused-ring (bicyclic) bond motifs is 3. The summed E-state index contributed by atoms with van der Waals surface area (Å²) >= 11 is 0. The topological polar surface area (TPSA) is 9.23 Å². The van der Waals surface area contributed by atoms with Gasteiger partial charge in [-0.2, -0.15) is 0 Å². The first-order valence-electron chi connectivity index (χ1n) is 8.29. The predicted molar refractivity (Wildman–Crippen MR) is 88.8 cm³/mol. The average Bonchev–Trinajstić information content (AvgIpc) is 2.54. The first kappa shape index (κ1) is 14.4. The van der Waals surface area contributed by atoms with Crippen LogP contribution in [0.4, 0.5) is 0 Å². The van der Waals surface area contributed by atoms with Gasteiger partial charge in [-0.1, -0.05) is 36.8 Å². The Morgan fingerprint density at radius 1 is 1.14 bits per heavy atom. The SMILES string of the molecule is C/C=C/C=C/[C@H]1CCC[C@H]2c3ccc(OC)cc3CC[C@H]12. The van der Waals surface area contributed by atoms with Gasteiger partial charge in [0.1, 0.15) is 5.75 Å². The van der Waals surface area contributed by atoms with Crippen LogP contribution in [0.25, 0.3) is 0 Å². The molecule has 0 N–H and O–H groups in total. The average molecular weight is 282 g/mol. The second kappa shape index (κ2) is 6.51. The molecule has 1 aromatic rings. The third-order valence-electron chi connectivity index (χ3n) is 5.28.